The van der Waals surface area contributed by atoms with Gasteiger partial charge in [0.15, 0.2) is 0 Å². The van der Waals surface area contributed by atoms with Crippen LogP contribution in [0.25, 0.3) is 0 Å². The molecule has 0 rings (SSSR count). The Labute approximate surface area is 198 Å². The minimum absolute atomic E-state index is 0.0344. The number of alkyl halides is 1. The minimum Gasteiger partial charge on any atom is -0.377 e. The first-order valence-corrected chi connectivity index (χ1v) is 14.5. The Bertz CT molecular complexity index is 469. The van der Waals surface area contributed by atoms with E-state index >= 15 is 0 Å². The minimum atomic E-state index is -4.09. The molecular weight excluding hydrogens is 485 g/mol. The fourth-order valence-electron chi connectivity index (χ4n) is 3.19. The lowest BCUT2D eigenvalue weighted by Gasteiger charge is -2.18. The molecule has 0 aliphatic rings. The van der Waals surface area contributed by atoms with Crippen LogP contribution in [0.4, 0.5) is 0 Å². The number of carbonyl (C=O) groups excluding carboxylic acids is 1. The van der Waals surface area contributed by atoms with E-state index in [1.54, 1.807) is 0 Å². The summed E-state index contributed by atoms with van der Waals surface area (Å²) < 4.78 is 26.4. The molecule has 1 amide bonds. The number of halogens is 1. The second-order valence-electron chi connectivity index (χ2n) is 7.94. The molecule has 31 heavy (non-hydrogen) atoms. The largest absolute Gasteiger partial charge is 0.472 e. The summed E-state index contributed by atoms with van der Waals surface area (Å²) >= 11 is 3.11. The molecular formula is C22H45BrNO6P. The number of carbonyl (C=O) groups is 1. The Morgan fingerprint density at radius 2 is 1.45 bits per heavy atom. The number of amides is 1. The van der Waals surface area contributed by atoms with Crippen LogP contribution in [0.2, 0.25) is 0 Å². The van der Waals surface area contributed by atoms with Crippen molar-refractivity contribution in [3.05, 3.63) is 0 Å². The molecule has 0 radical (unpaired) electrons. The summed E-state index contributed by atoms with van der Waals surface area (Å²) in [6.45, 7) is 2.42. The van der Waals surface area contributed by atoms with Crippen molar-refractivity contribution >= 4 is 29.7 Å². The zero-order valence-corrected chi connectivity index (χ0v) is 22.1. The number of rotatable bonds is 23. The molecule has 2 N–H and O–H groups in total. The van der Waals surface area contributed by atoms with E-state index in [1.165, 1.54) is 77.7 Å². The zero-order valence-electron chi connectivity index (χ0n) is 19.6. The molecule has 9 heteroatoms. The van der Waals surface area contributed by atoms with Crippen LogP contribution in [0.15, 0.2) is 0 Å². The molecule has 2 unspecified atom stereocenters. The van der Waals surface area contributed by atoms with Crippen LogP contribution < -0.4 is 5.32 Å². The quantitative estimate of drug-likeness (QED) is 0.0938. The van der Waals surface area contributed by atoms with Crippen molar-refractivity contribution in [2.75, 3.05) is 32.2 Å². The maximum atomic E-state index is 12.0. The van der Waals surface area contributed by atoms with Gasteiger partial charge in [-0.1, -0.05) is 99.9 Å². The van der Waals surface area contributed by atoms with Crippen molar-refractivity contribution in [3.8, 4) is 0 Å². The van der Waals surface area contributed by atoms with Gasteiger partial charge in [-0.3, -0.25) is 13.8 Å². The van der Waals surface area contributed by atoms with Crippen LogP contribution in [0.5, 0.6) is 0 Å². The summed E-state index contributed by atoms with van der Waals surface area (Å²) in [7, 11) is -2.62. The summed E-state index contributed by atoms with van der Waals surface area (Å²) in [4.78, 5) is 21.5. The van der Waals surface area contributed by atoms with Gasteiger partial charge in [-0.25, -0.2) is 4.57 Å². The predicted octanol–water partition coefficient (Wildman–Crippen LogP) is 6.13. The summed E-state index contributed by atoms with van der Waals surface area (Å²) in [5.74, 6) is -0.0344. The van der Waals surface area contributed by atoms with Crippen LogP contribution in [0, 0.1) is 0 Å². The summed E-state index contributed by atoms with van der Waals surface area (Å²) in [5, 5.41) is 3.23. The lowest BCUT2D eigenvalue weighted by Crippen LogP contribution is -2.35. The van der Waals surface area contributed by atoms with Gasteiger partial charge < -0.3 is 14.9 Å². The number of methoxy groups -OCH3 is 1. The third kappa shape index (κ3) is 21.6. The number of nitrogens with one attached hydrogen (secondary N) is 1. The summed E-state index contributed by atoms with van der Waals surface area (Å²) in [6.07, 6.45) is 16.6. The molecule has 2 atom stereocenters. The molecule has 0 aromatic carbocycles. The highest BCUT2D eigenvalue weighted by atomic mass is 79.9. The highest BCUT2D eigenvalue weighted by Gasteiger charge is 2.23. The van der Waals surface area contributed by atoms with Gasteiger partial charge in [0.25, 0.3) is 0 Å². The highest BCUT2D eigenvalue weighted by Crippen LogP contribution is 2.43. The number of hydrogen-bond donors (Lipinski definition) is 2. The first-order chi connectivity index (χ1) is 14.9. The van der Waals surface area contributed by atoms with Crippen LogP contribution >= 0.6 is 23.8 Å². The van der Waals surface area contributed by atoms with Crippen molar-refractivity contribution in [3.63, 3.8) is 0 Å². The van der Waals surface area contributed by atoms with Crippen molar-refractivity contribution in [1.82, 2.24) is 5.32 Å². The molecule has 0 aliphatic carbocycles. The Morgan fingerprint density at radius 3 is 1.94 bits per heavy atom. The van der Waals surface area contributed by atoms with Crippen molar-refractivity contribution in [1.29, 1.82) is 0 Å². The smallest absolute Gasteiger partial charge is 0.377 e. The standard InChI is InChI=1S/C22H45BrNO6P/c1-3-4-5-6-7-8-9-10-11-12-13-14-15-16-22(25)24-19-21(28-2)20-30-31(26,27)29-18-17-23/h21H,3-20H2,1-2H3,(H,24,25)(H,26,27). The van der Waals surface area contributed by atoms with Gasteiger partial charge in [0.05, 0.1) is 19.3 Å². The lowest BCUT2D eigenvalue weighted by molar-refractivity contribution is -0.121. The molecule has 0 heterocycles. The molecule has 0 saturated carbocycles. The highest BCUT2D eigenvalue weighted by molar-refractivity contribution is 9.09. The topological polar surface area (TPSA) is 94.1 Å². The SMILES string of the molecule is CCCCCCCCCCCCCCCC(=O)NCC(COP(=O)(O)OCCBr)OC. The van der Waals surface area contributed by atoms with Gasteiger partial charge in [-0.2, -0.15) is 0 Å². The Kier molecular flexibility index (Phi) is 21.9. The number of phosphoric ester groups is 1. The number of phosphoric acid groups is 1. The summed E-state index contributed by atoms with van der Waals surface area (Å²) in [6, 6.07) is 0. The number of hydrogen-bond acceptors (Lipinski definition) is 5. The monoisotopic (exact) mass is 529 g/mol. The van der Waals surface area contributed by atoms with E-state index in [0.29, 0.717) is 11.8 Å². The van der Waals surface area contributed by atoms with E-state index in [9.17, 15) is 14.3 Å². The van der Waals surface area contributed by atoms with Gasteiger partial charge >= 0.3 is 7.82 Å². The van der Waals surface area contributed by atoms with Gasteiger partial charge in [0.1, 0.15) is 0 Å². The van der Waals surface area contributed by atoms with Gasteiger partial charge in [-0.15, -0.1) is 0 Å². The number of ether oxygens (including phenoxy) is 1. The van der Waals surface area contributed by atoms with Crippen LogP contribution in [-0.4, -0.2) is 49.1 Å². The Morgan fingerprint density at radius 1 is 0.935 bits per heavy atom. The van der Waals surface area contributed by atoms with E-state index in [1.807, 2.05) is 0 Å². The molecule has 186 valence electrons. The molecule has 0 fully saturated rings. The maximum Gasteiger partial charge on any atom is 0.472 e. The normalized spacial score (nSPS) is 14.3. The van der Waals surface area contributed by atoms with Crippen molar-refractivity contribution in [2.24, 2.45) is 0 Å². The second kappa shape index (κ2) is 21.8. The van der Waals surface area contributed by atoms with Crippen molar-refractivity contribution < 1.29 is 28.0 Å². The van der Waals surface area contributed by atoms with Gasteiger partial charge in [0, 0.05) is 25.4 Å². The molecule has 0 bridgehead atoms. The average molecular weight is 530 g/mol. The third-order valence-electron chi connectivity index (χ3n) is 5.12. The molecule has 0 aromatic heterocycles. The van der Waals surface area contributed by atoms with E-state index in [4.69, 9.17) is 13.8 Å². The van der Waals surface area contributed by atoms with E-state index in [0.717, 1.165) is 12.8 Å². The molecule has 0 aromatic rings. The van der Waals surface area contributed by atoms with E-state index < -0.39 is 13.9 Å². The fourth-order valence-corrected chi connectivity index (χ4v) is 4.36. The molecule has 0 saturated heterocycles. The maximum absolute atomic E-state index is 12.0. The molecule has 0 spiro atoms. The third-order valence-corrected chi connectivity index (χ3v) is 6.43. The number of unbranched alkanes of at least 4 members (excludes halogenated alkanes) is 12. The predicted molar refractivity (Wildman–Crippen MR) is 130 cm³/mol. The van der Waals surface area contributed by atoms with Gasteiger partial charge in [0.2, 0.25) is 5.91 Å². The lowest BCUT2D eigenvalue weighted by atomic mass is 10.0. The zero-order chi connectivity index (χ0) is 23.2. The van der Waals surface area contributed by atoms with Crippen LogP contribution in [0.3, 0.4) is 0 Å². The second-order valence-corrected chi connectivity index (χ2v) is 10.2. The first kappa shape index (κ1) is 31.0. The molecule has 7 nitrogen and oxygen atoms in total. The van der Waals surface area contributed by atoms with E-state index in [-0.39, 0.29) is 25.7 Å². The van der Waals surface area contributed by atoms with E-state index in [2.05, 4.69) is 28.2 Å². The van der Waals surface area contributed by atoms with Crippen LogP contribution in [0.1, 0.15) is 96.8 Å². The molecule has 0 aliphatic heterocycles. The summed E-state index contributed by atoms with van der Waals surface area (Å²) in [5.41, 5.74) is 0. The Hall–Kier alpha value is 0.0200. The average Bonchev–Trinajstić information content (AvgIpc) is 2.75. The van der Waals surface area contributed by atoms with Crippen LogP contribution in [-0.2, 0) is 23.1 Å². The van der Waals surface area contributed by atoms with Crippen molar-refractivity contribution in [2.45, 2.75) is 103 Å². The fraction of sp³-hybridized carbons (Fsp3) is 0.955. The van der Waals surface area contributed by atoms with Gasteiger partial charge in [-0.05, 0) is 6.42 Å². The first-order valence-electron chi connectivity index (χ1n) is 11.9. The Balaban J connectivity index is 3.58.